The number of aliphatic hydroxyl groups excluding tert-OH is 1. The molecule has 0 spiro atoms. The molecule has 7 heteroatoms. The molecule has 0 amide bonds. The average Bonchev–Trinajstić information content (AvgIpc) is 2.99. The van der Waals surface area contributed by atoms with Gasteiger partial charge in [0.15, 0.2) is 5.03 Å². The smallest absolute Gasteiger partial charge is 0.260 e. The van der Waals surface area contributed by atoms with Gasteiger partial charge in [-0.2, -0.15) is 4.31 Å². The van der Waals surface area contributed by atoms with E-state index in [-0.39, 0.29) is 16.9 Å². The molecule has 1 fully saturated rings. The summed E-state index contributed by atoms with van der Waals surface area (Å²) in [5.41, 5.74) is 0. The zero-order chi connectivity index (χ0) is 14.2. The van der Waals surface area contributed by atoms with Crippen LogP contribution in [0.25, 0.3) is 0 Å². The lowest BCUT2D eigenvalue weighted by molar-refractivity contribution is 0.133. The van der Waals surface area contributed by atoms with Crippen molar-refractivity contribution in [3.8, 4) is 0 Å². The molecule has 2 rings (SSSR count). The van der Waals surface area contributed by atoms with Crippen molar-refractivity contribution in [1.29, 1.82) is 0 Å². The predicted octanol–water partition coefficient (Wildman–Crippen LogP) is 0.924. The Kier molecular flexibility index (Phi) is 3.98. The first kappa shape index (κ1) is 14.5. The number of aromatic amines is 1. The summed E-state index contributed by atoms with van der Waals surface area (Å²) in [7, 11) is -3.51. The Hall–Kier alpha value is -0.920. The first-order chi connectivity index (χ1) is 8.82. The molecule has 0 radical (unpaired) electrons. The molecule has 1 aliphatic rings. The van der Waals surface area contributed by atoms with Crippen LogP contribution in [0.1, 0.15) is 38.9 Å². The molecule has 0 aromatic carbocycles. The SMILES string of the molecule is CC(C)c1ncc(S(=O)(=O)N2CCC(C(C)O)C2)[nH]1. The number of nitrogens with one attached hydrogen (secondary N) is 1. The summed E-state index contributed by atoms with van der Waals surface area (Å²) < 4.78 is 26.2. The van der Waals surface area contributed by atoms with Gasteiger partial charge >= 0.3 is 0 Å². The topological polar surface area (TPSA) is 86.3 Å². The molecule has 19 heavy (non-hydrogen) atoms. The molecule has 2 atom stereocenters. The zero-order valence-electron chi connectivity index (χ0n) is 11.5. The number of sulfonamides is 1. The quantitative estimate of drug-likeness (QED) is 0.862. The maximum atomic E-state index is 12.4. The van der Waals surface area contributed by atoms with Crippen LogP contribution >= 0.6 is 0 Å². The van der Waals surface area contributed by atoms with Gasteiger partial charge in [-0.15, -0.1) is 0 Å². The summed E-state index contributed by atoms with van der Waals surface area (Å²) in [6, 6.07) is 0. The van der Waals surface area contributed by atoms with E-state index in [1.165, 1.54) is 10.5 Å². The summed E-state index contributed by atoms with van der Waals surface area (Å²) >= 11 is 0. The number of rotatable bonds is 4. The van der Waals surface area contributed by atoms with Gasteiger partial charge in [0.05, 0.1) is 12.3 Å². The predicted molar refractivity (Wildman–Crippen MR) is 71.2 cm³/mol. The fraction of sp³-hybridized carbons (Fsp3) is 0.750. The fourth-order valence-electron chi connectivity index (χ4n) is 2.25. The molecule has 1 aromatic rings. The van der Waals surface area contributed by atoms with E-state index in [2.05, 4.69) is 9.97 Å². The lowest BCUT2D eigenvalue weighted by atomic mass is 10.0. The Morgan fingerprint density at radius 1 is 1.47 bits per heavy atom. The van der Waals surface area contributed by atoms with E-state index in [4.69, 9.17) is 0 Å². The standard InChI is InChI=1S/C12H21N3O3S/c1-8(2)12-13-6-11(14-12)19(17,18)15-5-4-10(7-15)9(3)16/h6,8-10,16H,4-5,7H2,1-3H3,(H,13,14). The Morgan fingerprint density at radius 3 is 2.63 bits per heavy atom. The minimum atomic E-state index is -3.51. The van der Waals surface area contributed by atoms with E-state index in [1.807, 2.05) is 13.8 Å². The molecule has 2 heterocycles. The van der Waals surface area contributed by atoms with Gasteiger partial charge in [0.2, 0.25) is 0 Å². The van der Waals surface area contributed by atoms with Crippen LogP contribution < -0.4 is 0 Å². The van der Waals surface area contributed by atoms with Crippen LogP contribution in [0, 0.1) is 5.92 Å². The van der Waals surface area contributed by atoms with E-state index in [0.717, 1.165) is 0 Å². The monoisotopic (exact) mass is 287 g/mol. The van der Waals surface area contributed by atoms with Crippen LogP contribution in [0.15, 0.2) is 11.2 Å². The van der Waals surface area contributed by atoms with Gasteiger partial charge in [-0.3, -0.25) is 0 Å². The largest absolute Gasteiger partial charge is 0.393 e. The van der Waals surface area contributed by atoms with Crippen LogP contribution in [0.2, 0.25) is 0 Å². The molecule has 2 N–H and O–H groups in total. The number of H-pyrrole nitrogens is 1. The second-order valence-electron chi connectivity index (χ2n) is 5.44. The van der Waals surface area contributed by atoms with Gasteiger partial charge in [0.25, 0.3) is 10.0 Å². The van der Waals surface area contributed by atoms with Gasteiger partial charge in [-0.25, -0.2) is 13.4 Å². The number of hydrogen-bond donors (Lipinski definition) is 2. The number of imidazole rings is 1. The Labute approximate surface area is 113 Å². The zero-order valence-corrected chi connectivity index (χ0v) is 12.3. The summed E-state index contributed by atoms with van der Waals surface area (Å²) in [6.07, 6.45) is 1.59. The minimum Gasteiger partial charge on any atom is -0.393 e. The highest BCUT2D eigenvalue weighted by atomic mass is 32.2. The third kappa shape index (κ3) is 2.82. The molecule has 0 bridgehead atoms. The molecule has 1 saturated heterocycles. The first-order valence-corrected chi connectivity index (χ1v) is 7.99. The van der Waals surface area contributed by atoms with Crippen molar-refractivity contribution in [1.82, 2.24) is 14.3 Å². The van der Waals surface area contributed by atoms with Crippen LogP contribution in [-0.2, 0) is 10.0 Å². The third-order valence-electron chi connectivity index (χ3n) is 3.61. The highest BCUT2D eigenvalue weighted by Crippen LogP contribution is 2.26. The Bertz CT molecular complexity index is 536. The number of aliphatic hydroxyl groups is 1. The van der Waals surface area contributed by atoms with Gasteiger partial charge in [-0.1, -0.05) is 13.8 Å². The summed E-state index contributed by atoms with van der Waals surface area (Å²) in [5.74, 6) is 0.847. The number of aromatic nitrogens is 2. The fourth-order valence-corrected chi connectivity index (χ4v) is 3.68. The van der Waals surface area contributed by atoms with E-state index >= 15 is 0 Å². The number of nitrogens with zero attached hydrogens (tertiary/aromatic N) is 2. The van der Waals surface area contributed by atoms with Gasteiger partial charge in [-0.05, 0) is 19.3 Å². The van der Waals surface area contributed by atoms with Gasteiger partial charge in [0.1, 0.15) is 5.82 Å². The van der Waals surface area contributed by atoms with Crippen molar-refractivity contribution < 1.29 is 13.5 Å². The van der Waals surface area contributed by atoms with Crippen molar-refractivity contribution in [2.45, 2.75) is 44.2 Å². The maximum absolute atomic E-state index is 12.4. The molecule has 0 aliphatic carbocycles. The minimum absolute atomic E-state index is 0.0160. The highest BCUT2D eigenvalue weighted by molar-refractivity contribution is 7.89. The highest BCUT2D eigenvalue weighted by Gasteiger charge is 2.35. The van der Waals surface area contributed by atoms with Crippen LogP contribution in [-0.4, -0.2) is 47.0 Å². The van der Waals surface area contributed by atoms with Crippen molar-refractivity contribution in [3.05, 3.63) is 12.0 Å². The van der Waals surface area contributed by atoms with E-state index in [1.54, 1.807) is 6.92 Å². The van der Waals surface area contributed by atoms with E-state index in [0.29, 0.717) is 25.3 Å². The molecule has 2 unspecified atom stereocenters. The molecule has 108 valence electrons. The van der Waals surface area contributed by atoms with Crippen molar-refractivity contribution in [2.75, 3.05) is 13.1 Å². The molecule has 1 aromatic heterocycles. The van der Waals surface area contributed by atoms with Gasteiger partial charge in [0, 0.05) is 19.0 Å². The summed E-state index contributed by atoms with van der Waals surface area (Å²) in [5, 5.41) is 9.68. The lowest BCUT2D eigenvalue weighted by Crippen LogP contribution is -2.30. The normalized spacial score (nSPS) is 23.1. The van der Waals surface area contributed by atoms with E-state index in [9.17, 15) is 13.5 Å². The van der Waals surface area contributed by atoms with Crippen LogP contribution in [0.4, 0.5) is 0 Å². The lowest BCUT2D eigenvalue weighted by Gasteiger charge is -2.16. The van der Waals surface area contributed by atoms with Crippen molar-refractivity contribution in [2.24, 2.45) is 5.92 Å². The summed E-state index contributed by atoms with van der Waals surface area (Å²) in [4.78, 5) is 6.97. The van der Waals surface area contributed by atoms with Crippen LogP contribution in [0.5, 0.6) is 0 Å². The Balaban J connectivity index is 2.18. The summed E-state index contributed by atoms with van der Waals surface area (Å²) in [6.45, 7) is 6.43. The Morgan fingerprint density at radius 2 is 2.16 bits per heavy atom. The van der Waals surface area contributed by atoms with Crippen molar-refractivity contribution in [3.63, 3.8) is 0 Å². The molecule has 1 aliphatic heterocycles. The molecule has 6 nitrogen and oxygen atoms in total. The average molecular weight is 287 g/mol. The molecule has 0 saturated carbocycles. The third-order valence-corrected chi connectivity index (χ3v) is 5.38. The molecular weight excluding hydrogens is 266 g/mol. The van der Waals surface area contributed by atoms with Gasteiger partial charge < -0.3 is 10.1 Å². The second-order valence-corrected chi connectivity index (χ2v) is 7.35. The first-order valence-electron chi connectivity index (χ1n) is 6.55. The van der Waals surface area contributed by atoms with E-state index < -0.39 is 16.1 Å². The second kappa shape index (κ2) is 5.22. The van der Waals surface area contributed by atoms with Crippen molar-refractivity contribution >= 4 is 10.0 Å². The number of hydrogen-bond acceptors (Lipinski definition) is 4. The maximum Gasteiger partial charge on any atom is 0.260 e. The van der Waals surface area contributed by atoms with Crippen LogP contribution in [0.3, 0.4) is 0 Å². The molecular formula is C12H21N3O3S.